The zero-order chi connectivity index (χ0) is 18.1. The van der Waals surface area contributed by atoms with Crippen molar-refractivity contribution in [2.24, 2.45) is 0 Å². The summed E-state index contributed by atoms with van der Waals surface area (Å²) in [4.78, 5) is 19.5. The number of nitrogen functional groups attached to an aromatic ring is 1. The number of fused-ring (bicyclic) bond motifs is 1. The molecule has 26 heavy (non-hydrogen) atoms. The molecule has 0 unspecified atom stereocenters. The third-order valence-electron chi connectivity index (χ3n) is 5.38. The Morgan fingerprint density at radius 1 is 1.42 bits per heavy atom. The van der Waals surface area contributed by atoms with Gasteiger partial charge in [-0.15, -0.1) is 0 Å². The molecule has 0 radical (unpaired) electrons. The number of ether oxygens (including phenoxy) is 1. The van der Waals surface area contributed by atoms with Gasteiger partial charge in [0.25, 0.3) is 0 Å². The molecule has 2 aromatic heterocycles. The third-order valence-corrected chi connectivity index (χ3v) is 5.38. The van der Waals surface area contributed by atoms with Crippen molar-refractivity contribution in [2.75, 3.05) is 19.4 Å². The molecule has 0 aromatic carbocycles. The van der Waals surface area contributed by atoms with Crippen LogP contribution in [0.4, 0.5) is 5.82 Å². The van der Waals surface area contributed by atoms with Crippen LogP contribution >= 0.6 is 0 Å². The second-order valence-electron chi connectivity index (χ2n) is 7.23. The first-order chi connectivity index (χ1) is 12.6. The fourth-order valence-electron chi connectivity index (χ4n) is 4.03. The van der Waals surface area contributed by atoms with Crippen molar-refractivity contribution >= 4 is 11.7 Å². The maximum Gasteiger partial charge on any atom is 0.229 e. The number of anilines is 1. The number of hydrogen-bond donors (Lipinski definition) is 1. The highest BCUT2D eigenvalue weighted by Gasteiger charge is 2.35. The van der Waals surface area contributed by atoms with Crippen molar-refractivity contribution < 1.29 is 9.53 Å². The maximum absolute atomic E-state index is 13.0. The summed E-state index contributed by atoms with van der Waals surface area (Å²) < 4.78 is 9.50. The van der Waals surface area contributed by atoms with E-state index >= 15 is 0 Å². The minimum atomic E-state index is 0.0592. The maximum atomic E-state index is 13.0. The molecule has 2 aliphatic heterocycles. The monoisotopic (exact) mass is 358 g/mol. The average Bonchev–Trinajstić information content (AvgIpc) is 3.32. The van der Waals surface area contributed by atoms with Gasteiger partial charge in [-0.3, -0.25) is 9.48 Å². The minimum Gasteiger partial charge on any atom is -0.382 e. The van der Waals surface area contributed by atoms with Crippen LogP contribution in [-0.2, 0) is 35.5 Å². The number of carbonyl (C=O) groups excluding carboxylic acids is 1. The van der Waals surface area contributed by atoms with E-state index in [9.17, 15) is 4.79 Å². The Morgan fingerprint density at radius 2 is 2.31 bits per heavy atom. The van der Waals surface area contributed by atoms with Crippen molar-refractivity contribution in [1.82, 2.24) is 24.2 Å². The molecule has 8 heteroatoms. The molecule has 1 amide bonds. The van der Waals surface area contributed by atoms with E-state index < -0.39 is 0 Å². The van der Waals surface area contributed by atoms with Gasteiger partial charge in [0.1, 0.15) is 11.6 Å². The van der Waals surface area contributed by atoms with Crippen molar-refractivity contribution in [3.63, 3.8) is 0 Å². The zero-order valence-corrected chi connectivity index (χ0v) is 15.2. The van der Waals surface area contributed by atoms with E-state index in [1.807, 2.05) is 17.3 Å². The molecule has 140 valence electrons. The van der Waals surface area contributed by atoms with Crippen LogP contribution in [0.5, 0.6) is 0 Å². The Labute approximate surface area is 152 Å². The Balaban J connectivity index is 1.46. The molecule has 4 rings (SSSR count). The van der Waals surface area contributed by atoms with Crippen LogP contribution in [0.3, 0.4) is 0 Å². The number of nitrogens with zero attached hydrogens (tertiary/aromatic N) is 5. The van der Waals surface area contributed by atoms with E-state index in [1.165, 1.54) is 12.8 Å². The van der Waals surface area contributed by atoms with E-state index in [2.05, 4.69) is 14.6 Å². The molecule has 0 aliphatic carbocycles. The second-order valence-corrected chi connectivity index (χ2v) is 7.23. The molecular weight excluding hydrogens is 332 g/mol. The van der Waals surface area contributed by atoms with Gasteiger partial charge in [-0.05, 0) is 25.3 Å². The van der Waals surface area contributed by atoms with Crippen molar-refractivity contribution in [3.05, 3.63) is 30.0 Å². The first-order valence-corrected chi connectivity index (χ1v) is 9.28. The van der Waals surface area contributed by atoms with Crippen LogP contribution in [-0.4, -0.2) is 55.9 Å². The number of amides is 1. The van der Waals surface area contributed by atoms with Gasteiger partial charge in [0.15, 0.2) is 0 Å². The van der Waals surface area contributed by atoms with Gasteiger partial charge in [0, 0.05) is 39.0 Å². The summed E-state index contributed by atoms with van der Waals surface area (Å²) in [5.74, 6) is 1.71. The molecular formula is C18H26N6O2. The largest absolute Gasteiger partial charge is 0.382 e. The molecule has 2 aliphatic rings. The molecule has 4 heterocycles. The number of carbonyl (C=O) groups is 1. The van der Waals surface area contributed by atoms with E-state index in [1.54, 1.807) is 17.9 Å². The molecule has 2 atom stereocenters. The highest BCUT2D eigenvalue weighted by Crippen LogP contribution is 2.23. The fourth-order valence-corrected chi connectivity index (χ4v) is 4.03. The number of aromatic nitrogens is 4. The summed E-state index contributed by atoms with van der Waals surface area (Å²) in [5.41, 5.74) is 6.57. The first-order valence-electron chi connectivity index (χ1n) is 9.28. The SMILES string of the molecule is CO[C@H]1C[C@@H](Cn2ccc(N)n2)N(C(=O)Cc2cn3c(n2)CCCC3)C1. The smallest absolute Gasteiger partial charge is 0.229 e. The molecule has 8 nitrogen and oxygen atoms in total. The van der Waals surface area contributed by atoms with Crippen molar-refractivity contribution in [2.45, 2.75) is 57.3 Å². The lowest BCUT2D eigenvalue weighted by Gasteiger charge is -2.24. The molecule has 2 N–H and O–H groups in total. The lowest BCUT2D eigenvalue weighted by molar-refractivity contribution is -0.131. The summed E-state index contributed by atoms with van der Waals surface area (Å²) in [6.07, 6.45) is 8.48. The number of rotatable bonds is 5. The topological polar surface area (TPSA) is 91.2 Å². The van der Waals surface area contributed by atoms with Crippen LogP contribution in [0.15, 0.2) is 18.5 Å². The number of likely N-dealkylation sites (tertiary alicyclic amines) is 1. The van der Waals surface area contributed by atoms with Gasteiger partial charge >= 0.3 is 0 Å². The van der Waals surface area contributed by atoms with E-state index in [-0.39, 0.29) is 18.1 Å². The number of aryl methyl sites for hydroxylation is 2. The Hall–Kier alpha value is -2.35. The van der Waals surface area contributed by atoms with E-state index in [0.29, 0.717) is 25.3 Å². The predicted octanol–water partition coefficient (Wildman–Crippen LogP) is 0.857. The molecule has 0 spiro atoms. The number of nitrogens with two attached hydrogens (primary N) is 1. The Kier molecular flexibility index (Phi) is 4.67. The van der Waals surface area contributed by atoms with Crippen LogP contribution in [0, 0.1) is 0 Å². The first kappa shape index (κ1) is 17.1. The van der Waals surface area contributed by atoms with Crippen molar-refractivity contribution in [1.29, 1.82) is 0 Å². The molecule has 2 aromatic rings. The number of imidazole rings is 1. The van der Waals surface area contributed by atoms with Crippen LogP contribution in [0.2, 0.25) is 0 Å². The third kappa shape index (κ3) is 3.46. The predicted molar refractivity (Wildman–Crippen MR) is 96.4 cm³/mol. The second kappa shape index (κ2) is 7.11. The number of hydrogen-bond acceptors (Lipinski definition) is 5. The van der Waals surface area contributed by atoms with Crippen molar-refractivity contribution in [3.8, 4) is 0 Å². The van der Waals surface area contributed by atoms with Gasteiger partial charge in [0.2, 0.25) is 5.91 Å². The Bertz CT molecular complexity index is 759. The standard InChI is InChI=1S/C18H26N6O2/c1-26-15-9-14(11-23-7-5-16(19)21-23)24(12-15)18(25)8-13-10-22-6-3-2-4-17(22)20-13/h5,7,10,14-15H,2-4,6,8-9,11-12H2,1H3,(H2,19,21)/t14-,15-/m0/s1. The van der Waals surface area contributed by atoms with E-state index in [0.717, 1.165) is 30.9 Å². The summed E-state index contributed by atoms with van der Waals surface area (Å²) in [7, 11) is 1.70. The van der Waals surface area contributed by atoms with Gasteiger partial charge in [-0.1, -0.05) is 0 Å². The average molecular weight is 358 g/mol. The highest BCUT2D eigenvalue weighted by molar-refractivity contribution is 5.79. The number of methoxy groups -OCH3 is 1. The van der Waals surface area contributed by atoms with Gasteiger partial charge in [-0.2, -0.15) is 5.10 Å². The van der Waals surface area contributed by atoms with E-state index in [4.69, 9.17) is 10.5 Å². The summed E-state index contributed by atoms with van der Waals surface area (Å²) in [6.45, 7) is 2.25. The zero-order valence-electron chi connectivity index (χ0n) is 15.2. The molecule has 1 fully saturated rings. The highest BCUT2D eigenvalue weighted by atomic mass is 16.5. The molecule has 0 bridgehead atoms. The Morgan fingerprint density at radius 3 is 3.04 bits per heavy atom. The fraction of sp³-hybridized carbons (Fsp3) is 0.611. The lowest BCUT2D eigenvalue weighted by atomic mass is 10.2. The minimum absolute atomic E-state index is 0.0592. The van der Waals surface area contributed by atoms with Gasteiger partial charge < -0.3 is 19.9 Å². The van der Waals surface area contributed by atoms with Crippen LogP contribution < -0.4 is 5.73 Å². The molecule has 0 saturated carbocycles. The quantitative estimate of drug-likeness (QED) is 0.856. The summed E-state index contributed by atoms with van der Waals surface area (Å²) in [5, 5.41) is 4.25. The van der Waals surface area contributed by atoms with Gasteiger partial charge in [0.05, 0.1) is 30.8 Å². The summed E-state index contributed by atoms with van der Waals surface area (Å²) in [6, 6.07) is 1.83. The van der Waals surface area contributed by atoms with Gasteiger partial charge in [-0.25, -0.2) is 4.98 Å². The van der Waals surface area contributed by atoms with Crippen LogP contribution in [0.1, 0.15) is 30.8 Å². The van der Waals surface area contributed by atoms with Crippen LogP contribution in [0.25, 0.3) is 0 Å². The lowest BCUT2D eigenvalue weighted by Crippen LogP contribution is -2.39. The summed E-state index contributed by atoms with van der Waals surface area (Å²) >= 11 is 0. The normalized spacial score (nSPS) is 22.6. The molecule has 1 saturated heterocycles.